The van der Waals surface area contributed by atoms with E-state index < -0.39 is 6.36 Å². The number of halogens is 3. The normalized spacial score (nSPS) is 18.9. The molecular formula is C14H14F3N3O. The molecule has 2 N–H and O–H groups in total. The van der Waals surface area contributed by atoms with Gasteiger partial charge in [0.1, 0.15) is 11.6 Å². The summed E-state index contributed by atoms with van der Waals surface area (Å²) in [6, 6.07) is 5.95. The molecule has 0 amide bonds. The zero-order valence-electron chi connectivity index (χ0n) is 11.1. The van der Waals surface area contributed by atoms with E-state index in [4.69, 9.17) is 0 Å². The minimum Gasteiger partial charge on any atom is -0.406 e. The van der Waals surface area contributed by atoms with E-state index in [1.54, 1.807) is 18.3 Å². The molecule has 2 heterocycles. The van der Waals surface area contributed by atoms with Crippen molar-refractivity contribution in [3.05, 3.63) is 36.3 Å². The number of alkyl halides is 3. The van der Waals surface area contributed by atoms with Gasteiger partial charge in [-0.3, -0.25) is 0 Å². The van der Waals surface area contributed by atoms with Gasteiger partial charge in [-0.15, -0.1) is 13.2 Å². The van der Waals surface area contributed by atoms with Gasteiger partial charge >= 0.3 is 6.36 Å². The summed E-state index contributed by atoms with van der Waals surface area (Å²) < 4.78 is 40.1. The van der Waals surface area contributed by atoms with Crippen molar-refractivity contribution < 1.29 is 17.9 Å². The van der Waals surface area contributed by atoms with Crippen LogP contribution in [0.25, 0.3) is 11.3 Å². The third kappa shape index (κ3) is 3.36. The molecular weight excluding hydrogens is 283 g/mol. The molecule has 1 saturated heterocycles. The van der Waals surface area contributed by atoms with Crippen molar-refractivity contribution in [3.63, 3.8) is 0 Å². The summed E-state index contributed by atoms with van der Waals surface area (Å²) in [4.78, 5) is 7.53. The molecule has 1 aliphatic heterocycles. The first kappa shape index (κ1) is 13.9. The van der Waals surface area contributed by atoms with Crippen molar-refractivity contribution in [3.8, 4) is 17.0 Å². The van der Waals surface area contributed by atoms with Crippen LogP contribution in [0.5, 0.6) is 5.75 Å². The quantitative estimate of drug-likeness (QED) is 0.913. The average Bonchev–Trinajstić information content (AvgIpc) is 3.09. The monoisotopic (exact) mass is 297 g/mol. The summed E-state index contributed by atoms with van der Waals surface area (Å²) in [5.41, 5.74) is 1.54. The molecule has 1 aromatic heterocycles. The van der Waals surface area contributed by atoms with Crippen molar-refractivity contribution in [2.45, 2.75) is 25.2 Å². The molecule has 0 bridgehead atoms. The van der Waals surface area contributed by atoms with Gasteiger partial charge in [0.05, 0.1) is 17.9 Å². The molecule has 1 aromatic carbocycles. The Morgan fingerprint density at radius 2 is 1.95 bits per heavy atom. The maximum Gasteiger partial charge on any atom is 0.573 e. The fourth-order valence-electron chi connectivity index (χ4n) is 2.41. The predicted octanol–water partition coefficient (Wildman–Crippen LogP) is 3.40. The molecule has 7 heteroatoms. The van der Waals surface area contributed by atoms with E-state index >= 15 is 0 Å². The molecule has 112 valence electrons. The van der Waals surface area contributed by atoms with E-state index in [2.05, 4.69) is 20.0 Å². The third-order valence-electron chi connectivity index (χ3n) is 3.38. The highest BCUT2D eigenvalue weighted by molar-refractivity contribution is 5.59. The van der Waals surface area contributed by atoms with Gasteiger partial charge in [-0.05, 0) is 49.2 Å². The van der Waals surface area contributed by atoms with E-state index in [0.29, 0.717) is 0 Å². The topological polar surface area (TPSA) is 49.9 Å². The minimum absolute atomic E-state index is 0.228. The third-order valence-corrected chi connectivity index (χ3v) is 3.38. The maximum absolute atomic E-state index is 12.1. The number of aromatic nitrogens is 2. The highest BCUT2D eigenvalue weighted by atomic mass is 19.4. The van der Waals surface area contributed by atoms with Gasteiger partial charge in [-0.2, -0.15) is 0 Å². The standard InChI is InChI=1S/C14H14F3N3O/c15-14(16,17)21-10-5-3-9(4-6-10)12-8-19-13(20-12)11-2-1-7-18-11/h3-6,8,11,18H,1-2,7H2,(H,19,20)/t11-/m0/s1. The molecule has 1 atom stereocenters. The van der Waals surface area contributed by atoms with Crippen molar-refractivity contribution in [1.82, 2.24) is 15.3 Å². The lowest BCUT2D eigenvalue weighted by atomic mass is 10.1. The molecule has 0 saturated carbocycles. The number of imidazole rings is 1. The van der Waals surface area contributed by atoms with Gasteiger partial charge < -0.3 is 15.0 Å². The molecule has 3 rings (SSSR count). The number of H-pyrrole nitrogens is 1. The van der Waals surface area contributed by atoms with Gasteiger partial charge in [-0.1, -0.05) is 0 Å². The smallest absolute Gasteiger partial charge is 0.406 e. The second-order valence-electron chi connectivity index (χ2n) is 4.90. The summed E-state index contributed by atoms with van der Waals surface area (Å²) in [6.45, 7) is 0.976. The molecule has 21 heavy (non-hydrogen) atoms. The van der Waals surface area contributed by atoms with Crippen LogP contribution in [0.2, 0.25) is 0 Å². The minimum atomic E-state index is -4.67. The first-order valence-corrected chi connectivity index (χ1v) is 6.66. The number of nitrogens with zero attached hydrogens (tertiary/aromatic N) is 1. The van der Waals surface area contributed by atoms with Crippen LogP contribution in [0.4, 0.5) is 13.2 Å². The summed E-state index contributed by atoms with van der Waals surface area (Å²) >= 11 is 0. The first-order chi connectivity index (χ1) is 10.0. The number of nitrogens with one attached hydrogen (secondary N) is 2. The van der Waals surface area contributed by atoms with E-state index in [1.165, 1.54) is 12.1 Å². The Balaban J connectivity index is 1.74. The summed E-state index contributed by atoms with van der Waals surface area (Å²) in [5, 5.41) is 3.33. The molecule has 2 aromatic rings. The van der Waals surface area contributed by atoms with Crippen molar-refractivity contribution in [2.75, 3.05) is 6.54 Å². The Bertz CT molecular complexity index is 601. The second kappa shape index (κ2) is 5.40. The number of aromatic amines is 1. The van der Waals surface area contributed by atoms with E-state index in [0.717, 1.165) is 36.5 Å². The predicted molar refractivity (Wildman–Crippen MR) is 70.7 cm³/mol. The zero-order valence-corrected chi connectivity index (χ0v) is 11.1. The Morgan fingerprint density at radius 3 is 2.57 bits per heavy atom. The highest BCUT2D eigenvalue weighted by Crippen LogP contribution is 2.27. The zero-order chi connectivity index (χ0) is 14.9. The van der Waals surface area contributed by atoms with E-state index in [1.807, 2.05) is 0 Å². The van der Waals surface area contributed by atoms with Gasteiger partial charge in [-0.25, -0.2) is 4.98 Å². The fraction of sp³-hybridized carbons (Fsp3) is 0.357. The number of hydrogen-bond donors (Lipinski definition) is 2. The number of ether oxygens (including phenoxy) is 1. The first-order valence-electron chi connectivity index (χ1n) is 6.66. The van der Waals surface area contributed by atoms with Crippen molar-refractivity contribution >= 4 is 0 Å². The van der Waals surface area contributed by atoms with Gasteiger partial charge in [0, 0.05) is 0 Å². The van der Waals surface area contributed by atoms with Crippen molar-refractivity contribution in [2.24, 2.45) is 0 Å². The highest BCUT2D eigenvalue weighted by Gasteiger charge is 2.31. The molecule has 0 aliphatic carbocycles. The Morgan fingerprint density at radius 1 is 1.19 bits per heavy atom. The maximum atomic E-state index is 12.1. The lowest BCUT2D eigenvalue weighted by molar-refractivity contribution is -0.274. The molecule has 0 unspecified atom stereocenters. The van der Waals surface area contributed by atoms with Gasteiger partial charge in [0.25, 0.3) is 0 Å². The Labute approximate surface area is 119 Å². The van der Waals surface area contributed by atoms with Crippen LogP contribution >= 0.6 is 0 Å². The van der Waals surface area contributed by atoms with Crippen LogP contribution in [0.15, 0.2) is 30.5 Å². The van der Waals surface area contributed by atoms with E-state index in [-0.39, 0.29) is 11.8 Å². The average molecular weight is 297 g/mol. The van der Waals surface area contributed by atoms with Crippen LogP contribution in [0, 0.1) is 0 Å². The molecule has 1 aliphatic rings. The van der Waals surface area contributed by atoms with Crippen LogP contribution in [0.3, 0.4) is 0 Å². The number of rotatable bonds is 3. The Hall–Kier alpha value is -2.02. The molecule has 4 nitrogen and oxygen atoms in total. The molecule has 0 radical (unpaired) electrons. The lowest BCUT2D eigenvalue weighted by Gasteiger charge is -2.09. The molecule has 0 spiro atoms. The van der Waals surface area contributed by atoms with Gasteiger partial charge in [0.2, 0.25) is 0 Å². The van der Waals surface area contributed by atoms with Crippen LogP contribution in [0.1, 0.15) is 24.7 Å². The van der Waals surface area contributed by atoms with E-state index in [9.17, 15) is 13.2 Å². The molecule has 1 fully saturated rings. The SMILES string of the molecule is FC(F)(F)Oc1ccc(-c2cnc([C@@H]3CCCN3)[nH]2)cc1. The van der Waals surface area contributed by atoms with Gasteiger partial charge in [0.15, 0.2) is 0 Å². The summed E-state index contributed by atoms with van der Waals surface area (Å²) in [5.74, 6) is 0.626. The largest absolute Gasteiger partial charge is 0.573 e. The summed E-state index contributed by atoms with van der Waals surface area (Å²) in [7, 11) is 0. The lowest BCUT2D eigenvalue weighted by Crippen LogP contribution is -2.16. The second-order valence-corrected chi connectivity index (χ2v) is 4.90. The number of benzene rings is 1. The number of hydrogen-bond acceptors (Lipinski definition) is 3. The van der Waals surface area contributed by atoms with Crippen LogP contribution < -0.4 is 10.1 Å². The summed E-state index contributed by atoms with van der Waals surface area (Å²) in [6.07, 6.45) is -0.832. The van der Waals surface area contributed by atoms with Crippen LogP contribution in [-0.2, 0) is 0 Å². The van der Waals surface area contributed by atoms with Crippen LogP contribution in [-0.4, -0.2) is 22.9 Å². The Kier molecular flexibility index (Phi) is 3.59. The van der Waals surface area contributed by atoms with Crippen molar-refractivity contribution in [1.29, 1.82) is 0 Å². The fourth-order valence-corrected chi connectivity index (χ4v) is 2.41.